The molecule has 9 heavy (non-hydrogen) atoms. The summed E-state index contributed by atoms with van der Waals surface area (Å²) in [7, 11) is 2.00. The van der Waals surface area contributed by atoms with Crippen molar-refractivity contribution in [1.29, 1.82) is 0 Å². The maximum atomic E-state index is 7.00. The molecule has 0 aliphatic heterocycles. The predicted octanol–water partition coefficient (Wildman–Crippen LogP) is -0.521. The van der Waals surface area contributed by atoms with Crippen LogP contribution in [0.4, 0.5) is 0 Å². The van der Waals surface area contributed by atoms with Crippen LogP contribution in [0.25, 0.3) is 0 Å². The van der Waals surface area contributed by atoms with Gasteiger partial charge in [-0.25, -0.2) is 0 Å². The largest absolute Gasteiger partial charge is 0.400 e. The van der Waals surface area contributed by atoms with Gasteiger partial charge in [-0.1, -0.05) is 0 Å². The molecule has 0 rings (SSSR count). The summed E-state index contributed by atoms with van der Waals surface area (Å²) in [6.07, 6.45) is 0. The van der Waals surface area contributed by atoms with Crippen molar-refractivity contribution in [2.24, 2.45) is 0 Å². The van der Waals surface area contributed by atoms with Gasteiger partial charge in [0.25, 0.3) is 0 Å². The standard InChI is InChI=1S/2CH4O.2ClHO.Ti/c4*1-2;/h2*2H,1H3;2*2H;. The Balaban J connectivity index is -0.00000000762. The molecule has 0 atom stereocenters. The smallest absolute Gasteiger partial charge is 0.0579 e. The molecule has 0 spiro atoms. The third kappa shape index (κ3) is 361. The second kappa shape index (κ2) is 470. The molecule has 4 nitrogen and oxygen atoms in total. The summed E-state index contributed by atoms with van der Waals surface area (Å²) < 4.78 is 12.9. The molecule has 0 bridgehead atoms. The molecule has 0 aromatic rings. The Morgan fingerprint density at radius 2 is 0.667 bits per heavy atom. The number of aliphatic hydroxyl groups is 2. The van der Waals surface area contributed by atoms with Crippen molar-refractivity contribution in [2.75, 3.05) is 14.2 Å². The Kier molecular flexibility index (Phi) is 1670. The molecule has 0 aromatic heterocycles. The van der Waals surface area contributed by atoms with Crippen molar-refractivity contribution >= 4 is 23.7 Å². The van der Waals surface area contributed by atoms with Crippen LogP contribution in [0.15, 0.2) is 0 Å². The summed E-state index contributed by atoms with van der Waals surface area (Å²) in [6, 6.07) is 0. The third-order valence-electron chi connectivity index (χ3n) is 0. The molecule has 0 aromatic carbocycles. The third-order valence-corrected chi connectivity index (χ3v) is 0. The van der Waals surface area contributed by atoms with Crippen LogP contribution in [0, 0.1) is 0 Å². The molecule has 0 unspecified atom stereocenters. The first-order chi connectivity index (χ1) is 4.00. The monoisotopic (exact) mass is 216 g/mol. The van der Waals surface area contributed by atoms with Crippen LogP contribution in [-0.2, 0) is 21.7 Å². The number of rotatable bonds is 0. The van der Waals surface area contributed by atoms with Gasteiger partial charge in [-0.15, -0.1) is 0 Å². The molecule has 0 fully saturated rings. The van der Waals surface area contributed by atoms with Crippen LogP contribution < -0.4 is 0 Å². The van der Waals surface area contributed by atoms with Gasteiger partial charge in [0.1, 0.15) is 0 Å². The summed E-state index contributed by atoms with van der Waals surface area (Å²) in [6.45, 7) is 0. The molecular formula is C2H10Cl2O4Ti. The second-order valence-electron chi connectivity index (χ2n) is 0. The van der Waals surface area contributed by atoms with Crippen LogP contribution in [0.3, 0.4) is 0 Å². The van der Waals surface area contributed by atoms with E-state index in [1.54, 1.807) is 0 Å². The van der Waals surface area contributed by atoms with Crippen molar-refractivity contribution in [2.45, 2.75) is 0 Å². The van der Waals surface area contributed by atoms with Gasteiger partial charge < -0.3 is 10.2 Å². The first-order valence-corrected chi connectivity index (χ1v) is 1.91. The van der Waals surface area contributed by atoms with Gasteiger partial charge in [0.05, 0.1) is 23.7 Å². The van der Waals surface area contributed by atoms with E-state index in [-0.39, 0.29) is 21.7 Å². The zero-order chi connectivity index (χ0) is 8.00. The minimum Gasteiger partial charge on any atom is -0.400 e. The summed E-state index contributed by atoms with van der Waals surface area (Å²) in [4.78, 5) is 0. The van der Waals surface area contributed by atoms with E-state index in [2.05, 4.69) is 23.7 Å². The maximum absolute atomic E-state index is 7.00. The van der Waals surface area contributed by atoms with E-state index in [0.717, 1.165) is 14.2 Å². The minimum atomic E-state index is 0. The fourth-order valence-corrected chi connectivity index (χ4v) is 0. The summed E-state index contributed by atoms with van der Waals surface area (Å²) in [5.74, 6) is 0. The molecule has 0 aliphatic carbocycles. The van der Waals surface area contributed by atoms with Crippen LogP contribution >= 0.6 is 23.7 Å². The van der Waals surface area contributed by atoms with Gasteiger partial charge in [-0.2, -0.15) is 0 Å². The fraction of sp³-hybridized carbons (Fsp3) is 1.00. The molecule has 0 amide bonds. The Labute approximate surface area is 79.3 Å². The molecule has 0 saturated heterocycles. The van der Waals surface area contributed by atoms with Gasteiger partial charge in [0.15, 0.2) is 0 Å². The second-order valence-corrected chi connectivity index (χ2v) is 0. The van der Waals surface area contributed by atoms with E-state index >= 15 is 0 Å². The van der Waals surface area contributed by atoms with Gasteiger partial charge >= 0.3 is 0 Å². The Morgan fingerprint density at radius 1 is 0.667 bits per heavy atom. The number of halogens is 2. The summed E-state index contributed by atoms with van der Waals surface area (Å²) in [5.41, 5.74) is 0. The van der Waals surface area contributed by atoms with Crippen molar-refractivity contribution in [1.82, 2.24) is 0 Å². The zero-order valence-electron chi connectivity index (χ0n) is 5.04. The fourth-order valence-electron chi connectivity index (χ4n) is 0. The van der Waals surface area contributed by atoms with Crippen molar-refractivity contribution in [3.63, 3.8) is 0 Å². The van der Waals surface area contributed by atoms with Gasteiger partial charge in [-0.3, -0.25) is 9.32 Å². The Bertz CT molecular complexity index is 16.5. The molecule has 7 heteroatoms. The molecule has 4 N–H and O–H groups in total. The van der Waals surface area contributed by atoms with E-state index in [4.69, 9.17) is 19.5 Å². The van der Waals surface area contributed by atoms with E-state index in [1.807, 2.05) is 0 Å². The number of aliphatic hydroxyl groups excluding tert-OH is 2. The normalized spacial score (nSPS) is 2.67. The summed E-state index contributed by atoms with van der Waals surface area (Å²) >= 11 is 7.28. The first-order valence-electron chi connectivity index (χ1n) is 1.23. The molecule has 60 valence electrons. The predicted molar refractivity (Wildman–Crippen MR) is 32.4 cm³/mol. The van der Waals surface area contributed by atoms with Gasteiger partial charge in [-0.05, 0) is 0 Å². The number of hydrogen-bond donors (Lipinski definition) is 4. The van der Waals surface area contributed by atoms with Crippen molar-refractivity contribution in [3.05, 3.63) is 0 Å². The van der Waals surface area contributed by atoms with Crippen molar-refractivity contribution < 1.29 is 41.2 Å². The van der Waals surface area contributed by atoms with Gasteiger partial charge in [0, 0.05) is 35.9 Å². The quantitative estimate of drug-likeness (QED) is 0.411. The maximum Gasteiger partial charge on any atom is 0.0579 e. The average molecular weight is 217 g/mol. The Hall–Kier alpha value is 1.13. The van der Waals surface area contributed by atoms with Crippen LogP contribution in [-0.4, -0.2) is 33.8 Å². The van der Waals surface area contributed by atoms with Crippen molar-refractivity contribution in [3.8, 4) is 0 Å². The van der Waals surface area contributed by atoms with E-state index < -0.39 is 0 Å². The van der Waals surface area contributed by atoms with E-state index in [9.17, 15) is 0 Å². The van der Waals surface area contributed by atoms with E-state index in [1.165, 1.54) is 0 Å². The molecule has 0 saturated carbocycles. The SMILES string of the molecule is CO.CO.OCl.OCl.[Ti]. The van der Waals surface area contributed by atoms with Crippen LogP contribution in [0.5, 0.6) is 0 Å². The zero-order valence-corrected chi connectivity index (χ0v) is 8.12. The van der Waals surface area contributed by atoms with Crippen LogP contribution in [0.2, 0.25) is 0 Å². The average Bonchev–Trinajstić information content (AvgIpc) is 2.03. The first kappa shape index (κ1) is 32.1. The van der Waals surface area contributed by atoms with E-state index in [0.29, 0.717) is 0 Å². The van der Waals surface area contributed by atoms with Crippen LogP contribution in [0.1, 0.15) is 0 Å². The molecular weight excluding hydrogens is 207 g/mol. The molecule has 0 aliphatic rings. The number of hydrogen-bond acceptors (Lipinski definition) is 4. The van der Waals surface area contributed by atoms with Gasteiger partial charge in [0.2, 0.25) is 0 Å². The topological polar surface area (TPSA) is 80.9 Å². The minimum absolute atomic E-state index is 0. The Morgan fingerprint density at radius 3 is 0.667 bits per heavy atom. The summed E-state index contributed by atoms with van der Waals surface area (Å²) in [5, 5.41) is 14.0. The molecule has 0 heterocycles. The molecule has 0 radical (unpaired) electrons.